The smallest absolute Gasteiger partial charge is 0.326 e. The van der Waals surface area contributed by atoms with Gasteiger partial charge in [0.05, 0.1) is 11.4 Å². The molecule has 2 N–H and O–H groups in total. The number of carbonyl (C=O) groups is 2. The first kappa shape index (κ1) is 17.1. The molecule has 7 nitrogen and oxygen atoms in total. The summed E-state index contributed by atoms with van der Waals surface area (Å²) in [6.07, 6.45) is 1.01. The number of rotatable bonds is 6. The van der Waals surface area contributed by atoms with E-state index in [1.54, 1.807) is 6.92 Å². The molecule has 0 bridgehead atoms. The van der Waals surface area contributed by atoms with Gasteiger partial charge in [-0.15, -0.1) is 5.10 Å². The predicted octanol–water partition coefficient (Wildman–Crippen LogP) is 2.32. The summed E-state index contributed by atoms with van der Waals surface area (Å²) in [7, 11) is 0. The van der Waals surface area contributed by atoms with E-state index in [1.807, 2.05) is 31.2 Å². The fourth-order valence-electron chi connectivity index (χ4n) is 2.16. The molecule has 1 amide bonds. The first-order valence-corrected chi connectivity index (χ1v) is 7.95. The maximum atomic E-state index is 12.3. The van der Waals surface area contributed by atoms with Crippen molar-refractivity contribution in [3.8, 4) is 5.69 Å². The van der Waals surface area contributed by atoms with E-state index in [-0.39, 0.29) is 5.69 Å². The van der Waals surface area contributed by atoms with E-state index in [4.69, 9.17) is 5.11 Å². The van der Waals surface area contributed by atoms with Crippen molar-refractivity contribution in [3.05, 3.63) is 40.1 Å². The number of nitrogens with zero attached hydrogens (tertiary/aromatic N) is 3. The average Bonchev–Trinajstić information content (AvgIpc) is 2.88. The van der Waals surface area contributed by atoms with Gasteiger partial charge < -0.3 is 10.4 Å². The minimum atomic E-state index is -1.06. The minimum absolute atomic E-state index is 0.118. The molecule has 2 rings (SSSR count). The zero-order chi connectivity index (χ0) is 17.0. The highest BCUT2D eigenvalue weighted by Gasteiger charge is 2.23. The van der Waals surface area contributed by atoms with Crippen LogP contribution in [-0.2, 0) is 4.79 Å². The lowest BCUT2D eigenvalue weighted by Gasteiger charge is -2.12. The van der Waals surface area contributed by atoms with Gasteiger partial charge in [0.1, 0.15) is 6.04 Å². The standard InChI is InChI=1S/C15H17BrN4O3/c1-3-5-12(15(22)23)17-14(21)13-9(2)20(19-18-13)11-7-4-6-10(16)8-11/h4,6-8,12H,3,5H2,1-2H3,(H,17,21)(H,22,23). The van der Waals surface area contributed by atoms with Gasteiger partial charge in [0, 0.05) is 4.47 Å². The maximum absolute atomic E-state index is 12.3. The Balaban J connectivity index is 2.24. The Bertz CT molecular complexity index is 729. The van der Waals surface area contributed by atoms with Gasteiger partial charge in [-0.3, -0.25) is 4.79 Å². The van der Waals surface area contributed by atoms with E-state index in [0.29, 0.717) is 18.5 Å². The van der Waals surface area contributed by atoms with Gasteiger partial charge in [0.2, 0.25) is 0 Å². The second-order valence-corrected chi connectivity index (χ2v) is 5.98. The molecule has 0 fully saturated rings. The van der Waals surface area contributed by atoms with Crippen LogP contribution in [0, 0.1) is 6.92 Å². The number of hydrogen-bond acceptors (Lipinski definition) is 4. The average molecular weight is 381 g/mol. The number of halogens is 1. The van der Waals surface area contributed by atoms with E-state index >= 15 is 0 Å². The Hall–Kier alpha value is -2.22. The van der Waals surface area contributed by atoms with Crippen molar-refractivity contribution in [1.82, 2.24) is 20.3 Å². The third-order valence-corrected chi connectivity index (χ3v) is 3.84. The quantitative estimate of drug-likeness (QED) is 0.801. The lowest BCUT2D eigenvalue weighted by molar-refractivity contribution is -0.139. The monoisotopic (exact) mass is 380 g/mol. The fraction of sp³-hybridized carbons (Fsp3) is 0.333. The molecule has 1 unspecified atom stereocenters. The Morgan fingerprint density at radius 3 is 2.78 bits per heavy atom. The van der Waals surface area contributed by atoms with Crippen molar-refractivity contribution < 1.29 is 14.7 Å². The topological polar surface area (TPSA) is 97.1 Å². The summed E-state index contributed by atoms with van der Waals surface area (Å²) >= 11 is 3.38. The molecule has 122 valence electrons. The number of nitrogens with one attached hydrogen (secondary N) is 1. The van der Waals surface area contributed by atoms with Gasteiger partial charge in [-0.05, 0) is 31.5 Å². The number of aromatic nitrogens is 3. The molecule has 23 heavy (non-hydrogen) atoms. The molecule has 0 saturated heterocycles. The molecule has 0 aliphatic heterocycles. The Kier molecular flexibility index (Phi) is 5.49. The van der Waals surface area contributed by atoms with Crippen LogP contribution in [0.15, 0.2) is 28.7 Å². The number of carbonyl (C=O) groups excluding carboxylic acids is 1. The highest BCUT2D eigenvalue weighted by molar-refractivity contribution is 9.10. The predicted molar refractivity (Wildman–Crippen MR) is 87.6 cm³/mol. The van der Waals surface area contributed by atoms with Gasteiger partial charge in [0.25, 0.3) is 5.91 Å². The summed E-state index contributed by atoms with van der Waals surface area (Å²) in [5, 5.41) is 19.5. The molecule has 2 aromatic rings. The van der Waals surface area contributed by atoms with E-state index in [2.05, 4.69) is 31.6 Å². The number of hydrogen-bond donors (Lipinski definition) is 2. The van der Waals surface area contributed by atoms with Gasteiger partial charge in [-0.1, -0.05) is 40.6 Å². The first-order valence-electron chi connectivity index (χ1n) is 7.16. The number of aliphatic carboxylic acids is 1. The van der Waals surface area contributed by atoms with Gasteiger partial charge in [-0.2, -0.15) is 0 Å². The lowest BCUT2D eigenvalue weighted by Crippen LogP contribution is -2.41. The van der Waals surface area contributed by atoms with Crippen LogP contribution < -0.4 is 5.32 Å². The van der Waals surface area contributed by atoms with Gasteiger partial charge in [-0.25, -0.2) is 9.48 Å². The Labute approximate surface area is 141 Å². The molecule has 0 aliphatic carbocycles. The first-order chi connectivity index (χ1) is 10.9. The molecule has 0 spiro atoms. The molecule has 8 heteroatoms. The minimum Gasteiger partial charge on any atom is -0.480 e. The number of carboxylic acid groups (broad SMARTS) is 1. The van der Waals surface area contributed by atoms with Crippen molar-refractivity contribution in [1.29, 1.82) is 0 Å². The van der Waals surface area contributed by atoms with Crippen LogP contribution in [0.25, 0.3) is 5.69 Å². The van der Waals surface area contributed by atoms with E-state index in [0.717, 1.165) is 10.2 Å². The molecule has 0 aliphatic rings. The number of benzene rings is 1. The van der Waals surface area contributed by atoms with Crippen LogP contribution in [0.2, 0.25) is 0 Å². The molecule has 1 aromatic heterocycles. The normalized spacial score (nSPS) is 12.0. The van der Waals surface area contributed by atoms with Crippen LogP contribution in [0.4, 0.5) is 0 Å². The second-order valence-electron chi connectivity index (χ2n) is 5.07. The molecular weight excluding hydrogens is 364 g/mol. The van der Waals surface area contributed by atoms with Crippen LogP contribution in [0.3, 0.4) is 0 Å². The molecule has 0 saturated carbocycles. The summed E-state index contributed by atoms with van der Waals surface area (Å²) in [4.78, 5) is 23.4. The SMILES string of the molecule is CCCC(NC(=O)c1nnn(-c2cccc(Br)c2)c1C)C(=O)O. The second kappa shape index (κ2) is 7.36. The molecule has 1 atom stereocenters. The summed E-state index contributed by atoms with van der Waals surface area (Å²) in [6.45, 7) is 3.57. The Morgan fingerprint density at radius 2 is 2.17 bits per heavy atom. The maximum Gasteiger partial charge on any atom is 0.326 e. The number of carboxylic acids is 1. The summed E-state index contributed by atoms with van der Waals surface area (Å²) < 4.78 is 2.42. The summed E-state index contributed by atoms with van der Waals surface area (Å²) in [5.41, 5.74) is 1.42. The van der Waals surface area contributed by atoms with Crippen molar-refractivity contribution >= 4 is 27.8 Å². The lowest BCUT2D eigenvalue weighted by atomic mass is 10.1. The van der Waals surface area contributed by atoms with Crippen LogP contribution >= 0.6 is 15.9 Å². The van der Waals surface area contributed by atoms with Gasteiger partial charge in [0.15, 0.2) is 5.69 Å². The highest BCUT2D eigenvalue weighted by atomic mass is 79.9. The highest BCUT2D eigenvalue weighted by Crippen LogP contribution is 2.17. The molecular formula is C15H17BrN4O3. The van der Waals surface area contributed by atoms with Crippen LogP contribution in [0.5, 0.6) is 0 Å². The largest absolute Gasteiger partial charge is 0.480 e. The van der Waals surface area contributed by atoms with E-state index < -0.39 is 17.9 Å². The molecule has 1 aromatic carbocycles. The molecule has 0 radical (unpaired) electrons. The summed E-state index contributed by atoms with van der Waals surface area (Å²) in [5.74, 6) is -1.60. The van der Waals surface area contributed by atoms with Crippen molar-refractivity contribution in [2.75, 3.05) is 0 Å². The Morgan fingerprint density at radius 1 is 1.43 bits per heavy atom. The third-order valence-electron chi connectivity index (χ3n) is 3.34. The molecule has 1 heterocycles. The van der Waals surface area contributed by atoms with E-state index in [9.17, 15) is 9.59 Å². The number of amides is 1. The van der Waals surface area contributed by atoms with Crippen LogP contribution in [0.1, 0.15) is 35.9 Å². The zero-order valence-electron chi connectivity index (χ0n) is 12.8. The van der Waals surface area contributed by atoms with E-state index in [1.165, 1.54) is 4.68 Å². The summed E-state index contributed by atoms with van der Waals surface area (Å²) in [6, 6.07) is 6.49. The van der Waals surface area contributed by atoms with Gasteiger partial charge >= 0.3 is 5.97 Å². The fourth-order valence-corrected chi connectivity index (χ4v) is 2.55. The van der Waals surface area contributed by atoms with Crippen molar-refractivity contribution in [3.63, 3.8) is 0 Å². The van der Waals surface area contributed by atoms with Crippen molar-refractivity contribution in [2.24, 2.45) is 0 Å². The third kappa shape index (κ3) is 3.95. The van der Waals surface area contributed by atoms with Crippen molar-refractivity contribution in [2.45, 2.75) is 32.7 Å². The zero-order valence-corrected chi connectivity index (χ0v) is 14.4. The van der Waals surface area contributed by atoms with Crippen LogP contribution in [-0.4, -0.2) is 38.0 Å².